The van der Waals surface area contributed by atoms with Gasteiger partial charge >= 0.3 is 0 Å². The van der Waals surface area contributed by atoms with Gasteiger partial charge in [0.25, 0.3) is 0 Å². The lowest BCUT2D eigenvalue weighted by atomic mass is 10.00. The van der Waals surface area contributed by atoms with Crippen LogP contribution in [0.1, 0.15) is 111 Å². The molecule has 0 aliphatic carbocycles. The Morgan fingerprint density at radius 1 is 0.719 bits per heavy atom. The highest BCUT2D eigenvalue weighted by Crippen LogP contribution is 2.33. The van der Waals surface area contributed by atoms with Crippen molar-refractivity contribution in [3.8, 4) is 33.6 Å². The SMILES string of the molecule is CC(C)[C@@H](O)C(=O)N[C@@H](C)C(=O)CCCC[C@H](C)c1ncc(-c2ccc(-c3ccc(-c4cnc(C5CCCN5C(=O)[C@H](C)NC(=O)[C@H](O)C(C)C)[nH]4)cc3)cc2)[nH]1. The molecule has 3 amide bonds. The molecule has 2 aromatic heterocycles. The number of H-pyrrole nitrogens is 2. The zero-order valence-electron chi connectivity index (χ0n) is 34.2. The van der Waals surface area contributed by atoms with Gasteiger partial charge in [0.1, 0.15) is 29.9 Å². The molecule has 1 fully saturated rings. The molecule has 1 saturated heterocycles. The number of carbonyl (C=O) groups is 4. The molecule has 0 radical (unpaired) electrons. The number of nitrogens with one attached hydrogen (secondary N) is 4. The second-order valence-electron chi connectivity index (χ2n) is 16.2. The Morgan fingerprint density at radius 2 is 1.23 bits per heavy atom. The number of benzene rings is 2. The van der Waals surface area contributed by atoms with E-state index >= 15 is 0 Å². The van der Waals surface area contributed by atoms with Crippen molar-refractivity contribution < 1.29 is 29.4 Å². The van der Waals surface area contributed by atoms with Gasteiger partial charge in [0, 0.05) is 18.9 Å². The largest absolute Gasteiger partial charge is 0.383 e. The van der Waals surface area contributed by atoms with Crippen LogP contribution >= 0.6 is 0 Å². The number of aromatic amines is 2. The molecule has 4 aromatic rings. The van der Waals surface area contributed by atoms with Gasteiger partial charge < -0.3 is 35.7 Å². The van der Waals surface area contributed by atoms with Gasteiger partial charge in [0.15, 0.2) is 5.78 Å². The van der Waals surface area contributed by atoms with E-state index in [9.17, 15) is 29.4 Å². The van der Waals surface area contributed by atoms with Crippen LogP contribution in [0.5, 0.6) is 0 Å². The molecule has 5 rings (SSSR count). The van der Waals surface area contributed by atoms with Gasteiger partial charge in [-0.3, -0.25) is 19.2 Å². The molecule has 0 bridgehead atoms. The lowest BCUT2D eigenvalue weighted by Gasteiger charge is -2.27. The average molecular weight is 782 g/mol. The topological polar surface area (TPSA) is 193 Å². The molecule has 57 heavy (non-hydrogen) atoms. The molecule has 1 aliphatic heterocycles. The van der Waals surface area contributed by atoms with Gasteiger partial charge in [-0.1, -0.05) is 89.6 Å². The number of nitrogens with zero attached hydrogens (tertiary/aromatic N) is 3. The number of aliphatic hydroxyl groups excluding tert-OH is 2. The first-order valence-electron chi connectivity index (χ1n) is 20.3. The van der Waals surface area contributed by atoms with Gasteiger partial charge in [-0.05, 0) is 73.6 Å². The Hall–Kier alpha value is -5.14. The highest BCUT2D eigenvalue weighted by atomic mass is 16.3. The number of amides is 3. The summed E-state index contributed by atoms with van der Waals surface area (Å²) in [5.41, 5.74) is 5.93. The Kier molecular flexibility index (Phi) is 14.6. The summed E-state index contributed by atoms with van der Waals surface area (Å²) in [6.45, 7) is 13.0. The van der Waals surface area contributed by atoms with E-state index in [1.807, 2.05) is 18.3 Å². The van der Waals surface area contributed by atoms with Crippen LogP contribution in [0, 0.1) is 11.8 Å². The van der Waals surface area contributed by atoms with E-state index in [0.717, 1.165) is 65.1 Å². The van der Waals surface area contributed by atoms with Crippen molar-refractivity contribution in [1.29, 1.82) is 0 Å². The summed E-state index contributed by atoms with van der Waals surface area (Å²) in [6.07, 6.45) is 5.75. The van der Waals surface area contributed by atoms with Crippen molar-refractivity contribution in [1.82, 2.24) is 35.5 Å². The predicted octanol–water partition coefficient (Wildman–Crippen LogP) is 6.07. The minimum absolute atomic E-state index is 0.0405. The second-order valence-corrected chi connectivity index (χ2v) is 16.2. The molecule has 1 aliphatic rings. The summed E-state index contributed by atoms with van der Waals surface area (Å²) in [5, 5.41) is 25.3. The molecule has 3 heterocycles. The molecule has 0 spiro atoms. The van der Waals surface area contributed by atoms with E-state index in [2.05, 4.69) is 73.9 Å². The van der Waals surface area contributed by atoms with Gasteiger partial charge in [-0.25, -0.2) is 9.97 Å². The van der Waals surface area contributed by atoms with Gasteiger partial charge in [-0.15, -0.1) is 0 Å². The third-order valence-electron chi connectivity index (χ3n) is 10.9. The summed E-state index contributed by atoms with van der Waals surface area (Å²) in [5.74, 6) is 0.0306. The number of aromatic nitrogens is 4. The molecule has 13 nitrogen and oxygen atoms in total. The Balaban J connectivity index is 1.11. The average Bonchev–Trinajstić information content (AvgIpc) is 4.00. The molecule has 0 saturated carbocycles. The fraction of sp³-hybridized carbons (Fsp3) is 0.500. The molecule has 13 heteroatoms. The number of imidazole rings is 2. The number of likely N-dealkylation sites (tertiary alicyclic amines) is 1. The van der Waals surface area contributed by atoms with E-state index in [-0.39, 0.29) is 35.5 Å². The van der Waals surface area contributed by atoms with Crippen LogP contribution < -0.4 is 10.6 Å². The summed E-state index contributed by atoms with van der Waals surface area (Å²) >= 11 is 0. The van der Waals surface area contributed by atoms with Crippen LogP contribution in [0.3, 0.4) is 0 Å². The molecule has 2 aromatic carbocycles. The number of hydrogen-bond donors (Lipinski definition) is 6. The predicted molar refractivity (Wildman–Crippen MR) is 220 cm³/mol. The maximum Gasteiger partial charge on any atom is 0.249 e. The molecule has 1 unspecified atom stereocenters. The van der Waals surface area contributed by atoms with Crippen LogP contribution in [-0.2, 0) is 19.2 Å². The van der Waals surface area contributed by atoms with Crippen LogP contribution in [0.2, 0.25) is 0 Å². The zero-order valence-corrected chi connectivity index (χ0v) is 34.2. The molecule has 6 atom stereocenters. The van der Waals surface area contributed by atoms with E-state index in [1.165, 1.54) is 0 Å². The number of unbranched alkanes of at least 4 members (excludes halogenated alkanes) is 1. The normalized spacial score (nSPS) is 17.0. The number of rotatable bonds is 18. The van der Waals surface area contributed by atoms with Crippen LogP contribution in [-0.4, -0.2) is 89.4 Å². The van der Waals surface area contributed by atoms with Crippen molar-refractivity contribution >= 4 is 23.5 Å². The fourth-order valence-electron chi connectivity index (χ4n) is 7.08. The van der Waals surface area contributed by atoms with E-state index < -0.39 is 36.1 Å². The minimum Gasteiger partial charge on any atom is -0.383 e. The summed E-state index contributed by atoms with van der Waals surface area (Å²) < 4.78 is 0. The first-order valence-corrected chi connectivity index (χ1v) is 20.3. The van der Waals surface area contributed by atoms with Gasteiger partial charge in [0.05, 0.1) is 35.9 Å². The zero-order chi connectivity index (χ0) is 41.4. The third kappa shape index (κ3) is 10.8. The van der Waals surface area contributed by atoms with E-state index in [4.69, 9.17) is 0 Å². The smallest absolute Gasteiger partial charge is 0.249 e. The van der Waals surface area contributed by atoms with Crippen molar-refractivity contribution in [3.63, 3.8) is 0 Å². The molecular formula is C44H59N7O6. The van der Waals surface area contributed by atoms with E-state index in [1.54, 1.807) is 52.6 Å². The highest BCUT2D eigenvalue weighted by molar-refractivity contribution is 5.90. The number of Topliss-reactive ketones (excluding diaryl/α,β-unsaturated/α-hetero) is 1. The quantitative estimate of drug-likeness (QED) is 0.0655. The van der Waals surface area contributed by atoms with Crippen LogP contribution in [0.15, 0.2) is 60.9 Å². The fourth-order valence-corrected chi connectivity index (χ4v) is 7.08. The summed E-state index contributed by atoms with van der Waals surface area (Å²) in [7, 11) is 0. The minimum atomic E-state index is -1.17. The van der Waals surface area contributed by atoms with Gasteiger partial charge in [0.2, 0.25) is 17.7 Å². The first kappa shape index (κ1) is 43.0. The Morgan fingerprint density at radius 3 is 1.79 bits per heavy atom. The van der Waals surface area contributed by atoms with E-state index in [0.29, 0.717) is 25.2 Å². The monoisotopic (exact) mass is 781 g/mol. The maximum atomic E-state index is 13.3. The Labute approximate surface area is 335 Å². The standard InChI is InChI=1S/C44H59N7O6/c1-25(2)38(53)42(55)47-28(6)37(52)13-9-8-11-27(5)40-45-23-34(49-40)32-18-14-30(15-19-32)31-16-20-33(21-17-31)35-24-46-41(50-35)36-12-10-22-51(36)44(57)29(7)48-43(56)39(54)26(3)4/h14-21,23-29,36,38-39,53-54H,8-13,22H2,1-7H3,(H,45,49)(H,46,50)(H,47,55)(H,48,56)/t27-,28-,29-,36?,38+,39+/m0/s1. The van der Waals surface area contributed by atoms with Crippen LogP contribution in [0.4, 0.5) is 0 Å². The lowest BCUT2D eigenvalue weighted by Crippen LogP contribution is -2.50. The number of hydrogen-bond acceptors (Lipinski definition) is 8. The molecule has 306 valence electrons. The number of aliphatic hydroxyl groups is 2. The number of ketones is 1. The van der Waals surface area contributed by atoms with Crippen molar-refractivity contribution in [2.45, 2.75) is 123 Å². The summed E-state index contributed by atoms with van der Waals surface area (Å²) in [4.78, 5) is 68.2. The first-order chi connectivity index (χ1) is 27.1. The maximum absolute atomic E-state index is 13.3. The van der Waals surface area contributed by atoms with Crippen LogP contribution in [0.25, 0.3) is 33.6 Å². The van der Waals surface area contributed by atoms with Crippen molar-refractivity contribution in [2.75, 3.05) is 6.54 Å². The highest BCUT2D eigenvalue weighted by Gasteiger charge is 2.35. The number of carbonyl (C=O) groups excluding carboxylic acids is 4. The molecular weight excluding hydrogens is 723 g/mol. The summed E-state index contributed by atoms with van der Waals surface area (Å²) in [6, 6.07) is 15.0. The van der Waals surface area contributed by atoms with Crippen molar-refractivity contribution in [3.05, 3.63) is 72.6 Å². The Bertz CT molecular complexity index is 1970. The van der Waals surface area contributed by atoms with Crippen molar-refractivity contribution in [2.24, 2.45) is 11.8 Å². The van der Waals surface area contributed by atoms with Gasteiger partial charge in [-0.2, -0.15) is 0 Å². The second kappa shape index (κ2) is 19.3. The lowest BCUT2D eigenvalue weighted by molar-refractivity contribution is -0.140. The molecule has 6 N–H and O–H groups in total. The third-order valence-corrected chi connectivity index (χ3v) is 10.9.